The Labute approximate surface area is 139 Å². The Hall–Kier alpha value is -2.45. The van der Waals surface area contributed by atoms with E-state index in [4.69, 9.17) is 5.14 Å². The quantitative estimate of drug-likeness (QED) is 0.735. The van der Waals surface area contributed by atoms with Crippen molar-refractivity contribution in [3.63, 3.8) is 0 Å². The maximum absolute atomic E-state index is 13.0. The Morgan fingerprint density at radius 1 is 1.04 bits per heavy atom. The molecule has 2 aromatic rings. The highest BCUT2D eigenvalue weighted by atomic mass is 32.2. The van der Waals surface area contributed by atoms with Gasteiger partial charge in [0, 0.05) is 13.1 Å². The van der Waals surface area contributed by atoms with Crippen LogP contribution in [0.4, 0.5) is 9.18 Å². The van der Waals surface area contributed by atoms with Crippen LogP contribution in [0.2, 0.25) is 0 Å². The molecule has 0 aliphatic carbocycles. The summed E-state index contributed by atoms with van der Waals surface area (Å²) in [5, 5.41) is 10.3. The third kappa shape index (κ3) is 5.64. The summed E-state index contributed by atoms with van der Waals surface area (Å²) in [7, 11) is -3.72. The number of carbonyl (C=O) groups excluding carboxylic acids is 1. The van der Waals surface area contributed by atoms with E-state index < -0.39 is 10.0 Å². The van der Waals surface area contributed by atoms with Gasteiger partial charge in [0.25, 0.3) is 0 Å². The number of urea groups is 1. The van der Waals surface area contributed by atoms with Crippen LogP contribution in [0.3, 0.4) is 0 Å². The monoisotopic (exact) mass is 351 g/mol. The second-order valence-corrected chi connectivity index (χ2v) is 6.74. The van der Waals surface area contributed by atoms with E-state index in [0.29, 0.717) is 13.0 Å². The van der Waals surface area contributed by atoms with Crippen LogP contribution in [-0.2, 0) is 23.0 Å². The third-order valence-electron chi connectivity index (χ3n) is 3.29. The van der Waals surface area contributed by atoms with Gasteiger partial charge in [-0.05, 0) is 41.8 Å². The maximum Gasteiger partial charge on any atom is 0.315 e. The molecule has 0 saturated carbocycles. The number of halogens is 1. The van der Waals surface area contributed by atoms with E-state index in [-0.39, 0.29) is 23.3 Å². The van der Waals surface area contributed by atoms with Gasteiger partial charge in [0.15, 0.2) is 0 Å². The van der Waals surface area contributed by atoms with Crippen molar-refractivity contribution in [2.24, 2.45) is 5.14 Å². The van der Waals surface area contributed by atoms with Gasteiger partial charge in [0.05, 0.1) is 4.90 Å². The molecule has 2 amide bonds. The predicted molar refractivity (Wildman–Crippen MR) is 88.2 cm³/mol. The molecule has 6 nitrogen and oxygen atoms in total. The minimum Gasteiger partial charge on any atom is -0.338 e. The van der Waals surface area contributed by atoms with Crippen molar-refractivity contribution in [2.75, 3.05) is 6.54 Å². The fraction of sp³-hybridized carbons (Fsp3) is 0.188. The van der Waals surface area contributed by atoms with Crippen molar-refractivity contribution < 1.29 is 17.6 Å². The largest absolute Gasteiger partial charge is 0.338 e. The van der Waals surface area contributed by atoms with Gasteiger partial charge in [-0.25, -0.2) is 22.7 Å². The number of rotatable bonds is 6. The van der Waals surface area contributed by atoms with Crippen molar-refractivity contribution in [1.29, 1.82) is 0 Å². The maximum atomic E-state index is 13.0. The molecule has 0 heterocycles. The average molecular weight is 351 g/mol. The Kier molecular flexibility index (Phi) is 5.88. The number of sulfonamides is 1. The normalized spacial score (nSPS) is 11.1. The van der Waals surface area contributed by atoms with E-state index in [0.717, 1.165) is 11.1 Å². The van der Waals surface area contributed by atoms with Crippen LogP contribution in [0.5, 0.6) is 0 Å². The first kappa shape index (κ1) is 17.9. The molecule has 0 bridgehead atoms. The SMILES string of the molecule is NS(=O)(=O)c1ccc(CNC(=O)NCCc2cccc(F)c2)cc1. The zero-order valence-corrected chi connectivity index (χ0v) is 13.6. The molecule has 2 rings (SSSR count). The molecule has 0 fully saturated rings. The van der Waals surface area contributed by atoms with Crippen molar-refractivity contribution >= 4 is 16.1 Å². The topological polar surface area (TPSA) is 101 Å². The molecule has 24 heavy (non-hydrogen) atoms. The minimum atomic E-state index is -3.72. The van der Waals surface area contributed by atoms with Crippen LogP contribution < -0.4 is 15.8 Å². The Balaban J connectivity index is 1.75. The first-order chi connectivity index (χ1) is 11.3. The van der Waals surface area contributed by atoms with Crippen molar-refractivity contribution in [1.82, 2.24) is 10.6 Å². The third-order valence-corrected chi connectivity index (χ3v) is 4.22. The number of hydrogen-bond acceptors (Lipinski definition) is 3. The van der Waals surface area contributed by atoms with Crippen molar-refractivity contribution in [3.8, 4) is 0 Å². The molecule has 4 N–H and O–H groups in total. The summed E-state index contributed by atoms with van der Waals surface area (Å²) in [5.74, 6) is -0.306. The summed E-state index contributed by atoms with van der Waals surface area (Å²) in [4.78, 5) is 11.7. The highest BCUT2D eigenvalue weighted by molar-refractivity contribution is 7.89. The summed E-state index contributed by atoms with van der Waals surface area (Å²) in [6.45, 7) is 0.621. The molecule has 0 radical (unpaired) electrons. The summed E-state index contributed by atoms with van der Waals surface area (Å²) < 4.78 is 35.3. The number of hydrogen-bond donors (Lipinski definition) is 3. The summed E-state index contributed by atoms with van der Waals surface area (Å²) >= 11 is 0. The molecule has 0 aromatic heterocycles. The molecule has 0 spiro atoms. The molecule has 8 heteroatoms. The second-order valence-electron chi connectivity index (χ2n) is 5.18. The van der Waals surface area contributed by atoms with E-state index in [2.05, 4.69) is 10.6 Å². The number of primary sulfonamides is 1. The zero-order chi connectivity index (χ0) is 17.6. The zero-order valence-electron chi connectivity index (χ0n) is 12.8. The fourth-order valence-corrected chi connectivity index (χ4v) is 2.57. The van der Waals surface area contributed by atoms with Crippen LogP contribution in [0.25, 0.3) is 0 Å². The lowest BCUT2D eigenvalue weighted by atomic mass is 10.1. The smallest absolute Gasteiger partial charge is 0.315 e. The van der Waals surface area contributed by atoms with E-state index in [9.17, 15) is 17.6 Å². The van der Waals surface area contributed by atoms with E-state index in [1.54, 1.807) is 24.3 Å². The highest BCUT2D eigenvalue weighted by Gasteiger charge is 2.07. The lowest BCUT2D eigenvalue weighted by Crippen LogP contribution is -2.36. The Morgan fingerprint density at radius 3 is 2.38 bits per heavy atom. The number of carbonyl (C=O) groups is 1. The molecular weight excluding hydrogens is 333 g/mol. The molecule has 128 valence electrons. The minimum absolute atomic E-state index is 0.0193. The first-order valence-electron chi connectivity index (χ1n) is 7.22. The predicted octanol–water partition coefficient (Wildman–Crippen LogP) is 1.51. The number of nitrogens with one attached hydrogen (secondary N) is 2. The highest BCUT2D eigenvalue weighted by Crippen LogP contribution is 2.08. The number of nitrogens with two attached hydrogens (primary N) is 1. The Bertz CT molecular complexity index is 808. The summed E-state index contributed by atoms with van der Waals surface area (Å²) in [5.41, 5.74) is 1.54. The van der Waals surface area contributed by atoms with Crippen molar-refractivity contribution in [2.45, 2.75) is 17.9 Å². The van der Waals surface area contributed by atoms with Crippen LogP contribution in [0, 0.1) is 5.82 Å². The Morgan fingerprint density at radius 2 is 1.75 bits per heavy atom. The van der Waals surface area contributed by atoms with Crippen LogP contribution in [0.15, 0.2) is 53.4 Å². The van der Waals surface area contributed by atoms with Gasteiger partial charge in [-0.2, -0.15) is 0 Å². The molecule has 0 atom stereocenters. The first-order valence-corrected chi connectivity index (χ1v) is 8.77. The van der Waals surface area contributed by atoms with E-state index >= 15 is 0 Å². The van der Waals surface area contributed by atoms with Gasteiger partial charge in [0.1, 0.15) is 5.82 Å². The second kappa shape index (κ2) is 7.89. The summed E-state index contributed by atoms with van der Waals surface area (Å²) in [6, 6.07) is 11.8. The van der Waals surface area contributed by atoms with Crippen LogP contribution >= 0.6 is 0 Å². The van der Waals surface area contributed by atoms with E-state index in [1.165, 1.54) is 24.3 Å². The standard InChI is InChI=1S/C16H18FN3O3S/c17-14-3-1-2-12(10-14)8-9-19-16(21)20-11-13-4-6-15(7-5-13)24(18,22)23/h1-7,10H,8-9,11H2,(H2,18,22,23)(H2,19,20,21). The van der Waals surface area contributed by atoms with E-state index in [1.807, 2.05) is 0 Å². The lowest BCUT2D eigenvalue weighted by Gasteiger charge is -2.08. The number of benzene rings is 2. The van der Waals surface area contributed by atoms with Gasteiger partial charge in [-0.15, -0.1) is 0 Å². The fourth-order valence-electron chi connectivity index (χ4n) is 2.05. The van der Waals surface area contributed by atoms with Crippen molar-refractivity contribution in [3.05, 3.63) is 65.5 Å². The molecule has 2 aromatic carbocycles. The molecule has 0 saturated heterocycles. The van der Waals surface area contributed by atoms with Crippen LogP contribution in [0.1, 0.15) is 11.1 Å². The molecule has 0 aliphatic heterocycles. The van der Waals surface area contributed by atoms with Gasteiger partial charge in [0.2, 0.25) is 10.0 Å². The van der Waals surface area contributed by atoms with Gasteiger partial charge < -0.3 is 10.6 Å². The van der Waals surface area contributed by atoms with Gasteiger partial charge >= 0.3 is 6.03 Å². The molecular formula is C16H18FN3O3S. The molecule has 0 unspecified atom stereocenters. The molecule has 0 aliphatic rings. The van der Waals surface area contributed by atoms with Gasteiger partial charge in [-0.3, -0.25) is 0 Å². The summed E-state index contributed by atoms with van der Waals surface area (Å²) in [6.07, 6.45) is 0.522. The van der Waals surface area contributed by atoms with Gasteiger partial charge in [-0.1, -0.05) is 24.3 Å². The van der Waals surface area contributed by atoms with Crippen LogP contribution in [-0.4, -0.2) is 21.0 Å². The number of amides is 2. The average Bonchev–Trinajstić information content (AvgIpc) is 2.52. The lowest BCUT2D eigenvalue weighted by molar-refractivity contribution is 0.240.